The Bertz CT molecular complexity index is 456. The molecule has 2 rings (SSSR count). The third-order valence-electron chi connectivity index (χ3n) is 4.81. The van der Waals surface area contributed by atoms with Gasteiger partial charge < -0.3 is 9.67 Å². The van der Waals surface area contributed by atoms with Crippen LogP contribution >= 0.6 is 0 Å². The van der Waals surface area contributed by atoms with Gasteiger partial charge in [0.15, 0.2) is 0 Å². The van der Waals surface area contributed by atoms with Gasteiger partial charge in [0.25, 0.3) is 0 Å². The van der Waals surface area contributed by atoms with Gasteiger partial charge in [-0.25, -0.2) is 0 Å². The van der Waals surface area contributed by atoms with E-state index in [1.165, 1.54) is 17.0 Å². The van der Waals surface area contributed by atoms with E-state index in [0.717, 1.165) is 19.4 Å². The van der Waals surface area contributed by atoms with Gasteiger partial charge in [-0.2, -0.15) is 0 Å². The first-order valence-electron chi connectivity index (χ1n) is 7.58. The molecule has 19 heavy (non-hydrogen) atoms. The Morgan fingerprint density at radius 3 is 2.58 bits per heavy atom. The van der Waals surface area contributed by atoms with Crippen molar-refractivity contribution in [3.05, 3.63) is 23.0 Å². The molecule has 108 valence electrons. The quantitative estimate of drug-likeness (QED) is 0.873. The van der Waals surface area contributed by atoms with Crippen LogP contribution in [0, 0.1) is 24.2 Å². The molecule has 0 fully saturated rings. The minimum Gasteiger partial charge on any atom is -0.388 e. The Labute approximate surface area is 117 Å². The average molecular weight is 263 g/mol. The van der Waals surface area contributed by atoms with Crippen LogP contribution in [0.3, 0.4) is 0 Å². The van der Waals surface area contributed by atoms with Crippen molar-refractivity contribution < 1.29 is 5.11 Å². The lowest BCUT2D eigenvalue weighted by molar-refractivity contribution is 0.0975. The van der Waals surface area contributed by atoms with Gasteiger partial charge in [-0.1, -0.05) is 34.6 Å². The topological polar surface area (TPSA) is 25.2 Å². The molecule has 2 nitrogen and oxygen atoms in total. The summed E-state index contributed by atoms with van der Waals surface area (Å²) in [6.45, 7) is 14.7. The van der Waals surface area contributed by atoms with Crippen molar-refractivity contribution >= 4 is 0 Å². The van der Waals surface area contributed by atoms with Crippen LogP contribution in [0.25, 0.3) is 0 Å². The van der Waals surface area contributed by atoms with Crippen LogP contribution in [-0.4, -0.2) is 9.67 Å². The molecule has 0 spiro atoms. The van der Waals surface area contributed by atoms with Crippen molar-refractivity contribution in [2.24, 2.45) is 17.3 Å². The second-order valence-electron chi connectivity index (χ2n) is 7.58. The zero-order chi connectivity index (χ0) is 14.4. The molecule has 0 amide bonds. The van der Waals surface area contributed by atoms with Gasteiger partial charge in [-0.15, -0.1) is 0 Å². The van der Waals surface area contributed by atoms with E-state index >= 15 is 0 Å². The van der Waals surface area contributed by atoms with E-state index in [2.05, 4.69) is 52.2 Å². The Kier molecular flexibility index (Phi) is 3.83. The summed E-state index contributed by atoms with van der Waals surface area (Å²) in [4.78, 5) is 0. The molecule has 0 aliphatic heterocycles. The van der Waals surface area contributed by atoms with E-state index in [9.17, 15) is 5.11 Å². The van der Waals surface area contributed by atoms with Gasteiger partial charge >= 0.3 is 0 Å². The third-order valence-corrected chi connectivity index (χ3v) is 4.81. The molecule has 0 saturated heterocycles. The summed E-state index contributed by atoms with van der Waals surface area (Å²) < 4.78 is 2.45. The number of hydrogen-bond donors (Lipinski definition) is 1. The molecular weight excluding hydrogens is 234 g/mol. The second kappa shape index (κ2) is 4.97. The maximum Gasteiger partial charge on any atom is 0.0812 e. The van der Waals surface area contributed by atoms with Gasteiger partial charge in [-0.3, -0.25) is 0 Å². The third kappa shape index (κ3) is 2.89. The number of hydrogen-bond acceptors (Lipinski definition) is 1. The van der Waals surface area contributed by atoms with Crippen molar-refractivity contribution in [3.8, 4) is 0 Å². The zero-order valence-corrected chi connectivity index (χ0v) is 13.3. The molecule has 0 aromatic carbocycles. The summed E-state index contributed by atoms with van der Waals surface area (Å²) in [7, 11) is 0. The number of nitrogens with zero attached hydrogens (tertiary/aromatic N) is 1. The molecule has 1 heterocycles. The highest BCUT2D eigenvalue weighted by atomic mass is 16.3. The molecular formula is C17H29NO. The van der Waals surface area contributed by atoms with Crippen LogP contribution in [0.2, 0.25) is 0 Å². The Morgan fingerprint density at radius 2 is 2.00 bits per heavy atom. The maximum absolute atomic E-state index is 10.4. The molecule has 1 N–H and O–H groups in total. The van der Waals surface area contributed by atoms with Crippen LogP contribution in [0.4, 0.5) is 0 Å². The largest absolute Gasteiger partial charge is 0.388 e. The SMILES string of the molecule is Cc1cc2c(n1CC(C)C(C)C)CC(C)(C)CC2O. The normalized spacial score (nSPS) is 23.5. The molecule has 2 unspecified atom stereocenters. The van der Waals surface area contributed by atoms with E-state index in [0.29, 0.717) is 11.8 Å². The smallest absolute Gasteiger partial charge is 0.0812 e. The highest BCUT2D eigenvalue weighted by Crippen LogP contribution is 2.42. The van der Waals surface area contributed by atoms with E-state index in [1.807, 2.05) is 0 Å². The van der Waals surface area contributed by atoms with Crippen LogP contribution in [0.5, 0.6) is 0 Å². The average Bonchev–Trinajstić information content (AvgIpc) is 2.55. The first-order valence-corrected chi connectivity index (χ1v) is 7.58. The van der Waals surface area contributed by atoms with Crippen molar-refractivity contribution in [1.82, 2.24) is 4.57 Å². The van der Waals surface area contributed by atoms with Gasteiger partial charge in [0, 0.05) is 23.5 Å². The minimum atomic E-state index is -0.284. The van der Waals surface area contributed by atoms with Crippen LogP contribution in [-0.2, 0) is 13.0 Å². The number of aliphatic hydroxyl groups is 1. The first-order chi connectivity index (χ1) is 8.71. The van der Waals surface area contributed by atoms with Crippen molar-refractivity contribution in [2.75, 3.05) is 0 Å². The summed E-state index contributed by atoms with van der Waals surface area (Å²) in [6, 6.07) is 2.20. The Hall–Kier alpha value is -0.760. The van der Waals surface area contributed by atoms with E-state index in [-0.39, 0.29) is 11.5 Å². The molecule has 0 bridgehead atoms. The molecule has 2 atom stereocenters. The first kappa shape index (κ1) is 14.6. The summed E-state index contributed by atoms with van der Waals surface area (Å²) in [5.74, 6) is 1.36. The lowest BCUT2D eigenvalue weighted by atomic mass is 9.75. The lowest BCUT2D eigenvalue weighted by Crippen LogP contribution is -2.28. The summed E-state index contributed by atoms with van der Waals surface area (Å²) >= 11 is 0. The highest BCUT2D eigenvalue weighted by Gasteiger charge is 2.34. The predicted octanol–water partition coefficient (Wildman–Crippen LogP) is 4.09. The fraction of sp³-hybridized carbons (Fsp3) is 0.765. The zero-order valence-electron chi connectivity index (χ0n) is 13.3. The van der Waals surface area contributed by atoms with Crippen molar-refractivity contribution in [1.29, 1.82) is 0 Å². The number of aromatic nitrogens is 1. The highest BCUT2D eigenvalue weighted by molar-refractivity contribution is 5.33. The molecule has 1 aromatic rings. The number of aliphatic hydroxyl groups excluding tert-OH is 1. The van der Waals surface area contributed by atoms with Crippen LogP contribution in [0.15, 0.2) is 6.07 Å². The molecule has 0 saturated carbocycles. The van der Waals surface area contributed by atoms with Crippen molar-refractivity contribution in [2.45, 2.75) is 67.0 Å². The number of aryl methyl sites for hydroxylation is 1. The summed E-state index contributed by atoms with van der Waals surface area (Å²) in [5.41, 5.74) is 4.05. The fourth-order valence-corrected chi connectivity index (χ4v) is 3.15. The lowest BCUT2D eigenvalue weighted by Gasteiger charge is -2.34. The van der Waals surface area contributed by atoms with Gasteiger partial charge in [0.05, 0.1) is 6.10 Å². The maximum atomic E-state index is 10.4. The van der Waals surface area contributed by atoms with E-state index in [4.69, 9.17) is 0 Å². The number of rotatable bonds is 3. The fourth-order valence-electron chi connectivity index (χ4n) is 3.15. The molecule has 2 heteroatoms. The molecule has 1 aliphatic carbocycles. The summed E-state index contributed by atoms with van der Waals surface area (Å²) in [6.07, 6.45) is 1.68. The van der Waals surface area contributed by atoms with Crippen molar-refractivity contribution in [3.63, 3.8) is 0 Å². The standard InChI is InChI=1S/C17H29NO/c1-11(2)12(3)10-18-13(4)7-14-15(18)8-17(5,6)9-16(14)19/h7,11-12,16,19H,8-10H2,1-6H3. The van der Waals surface area contributed by atoms with Crippen LogP contribution < -0.4 is 0 Å². The molecule has 1 aromatic heterocycles. The van der Waals surface area contributed by atoms with Gasteiger partial charge in [0.2, 0.25) is 0 Å². The van der Waals surface area contributed by atoms with Gasteiger partial charge in [-0.05, 0) is 43.1 Å². The van der Waals surface area contributed by atoms with Crippen LogP contribution in [0.1, 0.15) is 64.1 Å². The van der Waals surface area contributed by atoms with Gasteiger partial charge in [0.1, 0.15) is 0 Å². The predicted molar refractivity (Wildman–Crippen MR) is 80.2 cm³/mol. The Balaban J connectivity index is 2.36. The molecule has 1 aliphatic rings. The monoisotopic (exact) mass is 263 g/mol. The molecule has 0 radical (unpaired) electrons. The number of fused-ring (bicyclic) bond motifs is 1. The van der Waals surface area contributed by atoms with E-state index in [1.54, 1.807) is 0 Å². The minimum absolute atomic E-state index is 0.204. The van der Waals surface area contributed by atoms with E-state index < -0.39 is 0 Å². The Morgan fingerprint density at radius 1 is 1.37 bits per heavy atom. The second-order valence-corrected chi connectivity index (χ2v) is 7.58. The summed E-state index contributed by atoms with van der Waals surface area (Å²) in [5, 5.41) is 10.4.